The van der Waals surface area contributed by atoms with Crippen LogP contribution in [0.15, 0.2) is 182 Å². The highest BCUT2D eigenvalue weighted by atomic mass is 32.1. The van der Waals surface area contributed by atoms with E-state index in [-0.39, 0.29) is 11.0 Å². The highest BCUT2D eigenvalue weighted by Gasteiger charge is 2.26. The van der Waals surface area contributed by atoms with Crippen LogP contribution in [0.25, 0.3) is 43.1 Å². The Labute approximate surface area is 366 Å². The SMILES string of the molecule is COc1cccc(N(c2ccc(-c3sc(-c4ccc(C(C)(C)C)cc4)c(-c4ccccc4)c3-c3ccccc3)cc2)c2ccc(N(c3cccc(OC)c3)C(C)(C)C)cc2)c1. The van der Waals surface area contributed by atoms with E-state index in [0.29, 0.717) is 0 Å². The predicted octanol–water partition coefficient (Wildman–Crippen LogP) is 16.1. The third-order valence-corrected chi connectivity index (χ3v) is 12.4. The van der Waals surface area contributed by atoms with Gasteiger partial charge < -0.3 is 19.3 Å². The summed E-state index contributed by atoms with van der Waals surface area (Å²) in [7, 11) is 3.43. The Balaban J connectivity index is 1.25. The maximum atomic E-state index is 5.73. The van der Waals surface area contributed by atoms with Gasteiger partial charge in [0.15, 0.2) is 0 Å². The zero-order chi connectivity index (χ0) is 42.7. The molecule has 1 aromatic heterocycles. The first-order chi connectivity index (χ1) is 29.4. The third-order valence-electron chi connectivity index (χ3n) is 11.1. The minimum Gasteiger partial charge on any atom is -0.497 e. The van der Waals surface area contributed by atoms with Crippen molar-refractivity contribution in [2.75, 3.05) is 24.0 Å². The summed E-state index contributed by atoms with van der Waals surface area (Å²) >= 11 is 1.87. The van der Waals surface area contributed by atoms with Gasteiger partial charge in [0, 0.05) is 67.0 Å². The van der Waals surface area contributed by atoms with Crippen molar-refractivity contribution < 1.29 is 9.47 Å². The van der Waals surface area contributed by atoms with Crippen LogP contribution < -0.4 is 19.3 Å². The topological polar surface area (TPSA) is 24.9 Å². The molecule has 0 aliphatic heterocycles. The van der Waals surface area contributed by atoms with E-state index < -0.39 is 0 Å². The van der Waals surface area contributed by atoms with Crippen molar-refractivity contribution in [3.8, 4) is 54.6 Å². The van der Waals surface area contributed by atoms with E-state index in [4.69, 9.17) is 9.47 Å². The van der Waals surface area contributed by atoms with E-state index in [1.807, 2.05) is 35.6 Å². The van der Waals surface area contributed by atoms with Gasteiger partial charge in [0.05, 0.1) is 14.2 Å². The molecule has 0 spiro atoms. The van der Waals surface area contributed by atoms with Gasteiger partial charge in [-0.1, -0.05) is 130 Å². The van der Waals surface area contributed by atoms with Crippen LogP contribution >= 0.6 is 11.3 Å². The fourth-order valence-electron chi connectivity index (χ4n) is 8.10. The molecule has 0 saturated carbocycles. The summed E-state index contributed by atoms with van der Waals surface area (Å²) in [5.74, 6) is 1.63. The van der Waals surface area contributed by atoms with Crippen LogP contribution in [0.1, 0.15) is 47.1 Å². The lowest BCUT2D eigenvalue weighted by Gasteiger charge is -2.38. The Morgan fingerprint density at radius 2 is 0.820 bits per heavy atom. The summed E-state index contributed by atoms with van der Waals surface area (Å²) in [4.78, 5) is 7.16. The van der Waals surface area contributed by atoms with Gasteiger partial charge in [0.1, 0.15) is 11.5 Å². The van der Waals surface area contributed by atoms with E-state index in [2.05, 4.69) is 209 Å². The number of rotatable bonds is 11. The van der Waals surface area contributed by atoms with Gasteiger partial charge >= 0.3 is 0 Å². The molecule has 4 nitrogen and oxygen atoms in total. The van der Waals surface area contributed by atoms with Gasteiger partial charge in [-0.15, -0.1) is 11.3 Å². The lowest BCUT2D eigenvalue weighted by molar-refractivity contribution is 0.414. The van der Waals surface area contributed by atoms with E-state index in [1.54, 1.807) is 14.2 Å². The summed E-state index contributed by atoms with van der Waals surface area (Å²) in [5, 5.41) is 0. The van der Waals surface area contributed by atoms with Crippen LogP contribution in [0.3, 0.4) is 0 Å². The Bertz CT molecular complexity index is 2710. The van der Waals surface area contributed by atoms with Gasteiger partial charge in [0.2, 0.25) is 0 Å². The van der Waals surface area contributed by atoms with Crippen molar-refractivity contribution in [1.29, 1.82) is 0 Å². The number of ether oxygens (including phenoxy) is 2. The molecule has 0 amide bonds. The van der Waals surface area contributed by atoms with Crippen molar-refractivity contribution in [3.63, 3.8) is 0 Å². The summed E-state index contributed by atoms with van der Waals surface area (Å²) in [5.41, 5.74) is 13.8. The van der Waals surface area contributed by atoms with Gasteiger partial charge in [-0.3, -0.25) is 0 Å². The summed E-state index contributed by atoms with van der Waals surface area (Å²) in [6.45, 7) is 13.5. The number of benzene rings is 7. The number of methoxy groups -OCH3 is 2. The molecule has 0 saturated heterocycles. The molecule has 5 heteroatoms. The molecule has 0 aliphatic rings. The van der Waals surface area contributed by atoms with Crippen LogP contribution in [-0.2, 0) is 5.41 Å². The van der Waals surface area contributed by atoms with Crippen molar-refractivity contribution in [2.45, 2.75) is 52.5 Å². The van der Waals surface area contributed by atoms with Gasteiger partial charge in [-0.25, -0.2) is 0 Å². The fourth-order valence-corrected chi connectivity index (χ4v) is 9.46. The van der Waals surface area contributed by atoms with Crippen molar-refractivity contribution >= 4 is 39.8 Å². The smallest absolute Gasteiger partial charge is 0.120 e. The Morgan fingerprint density at radius 3 is 1.28 bits per heavy atom. The number of nitrogens with zero attached hydrogens (tertiary/aromatic N) is 2. The lowest BCUT2D eigenvalue weighted by atomic mass is 9.86. The third kappa shape index (κ3) is 8.71. The molecule has 61 heavy (non-hydrogen) atoms. The van der Waals surface area contributed by atoms with Gasteiger partial charge in [0.25, 0.3) is 0 Å². The molecule has 8 rings (SSSR count). The molecule has 7 aromatic carbocycles. The average molecular weight is 819 g/mol. The zero-order valence-corrected chi connectivity index (χ0v) is 37.3. The molecular weight excluding hydrogens is 765 g/mol. The van der Waals surface area contributed by atoms with Crippen LogP contribution in [0.5, 0.6) is 11.5 Å². The van der Waals surface area contributed by atoms with Crippen LogP contribution in [0, 0.1) is 0 Å². The largest absolute Gasteiger partial charge is 0.497 e. The number of hydrogen-bond acceptors (Lipinski definition) is 5. The Kier molecular flexibility index (Phi) is 11.6. The summed E-state index contributed by atoms with van der Waals surface area (Å²) in [6.07, 6.45) is 0. The molecule has 0 fully saturated rings. The zero-order valence-electron chi connectivity index (χ0n) is 36.4. The van der Waals surface area contributed by atoms with Crippen LogP contribution in [-0.4, -0.2) is 19.8 Å². The first-order valence-electron chi connectivity index (χ1n) is 20.9. The first kappa shape index (κ1) is 41.2. The minimum absolute atomic E-state index is 0.0722. The Hall–Kier alpha value is -6.56. The highest BCUT2D eigenvalue weighted by Crippen LogP contribution is 2.52. The van der Waals surface area contributed by atoms with E-state index in [9.17, 15) is 0 Å². The van der Waals surface area contributed by atoms with Crippen molar-refractivity contribution in [1.82, 2.24) is 0 Å². The average Bonchev–Trinajstić information content (AvgIpc) is 3.68. The summed E-state index contributed by atoms with van der Waals surface area (Å²) in [6, 6.07) is 65.3. The monoisotopic (exact) mass is 818 g/mol. The van der Waals surface area contributed by atoms with Gasteiger partial charge in [-0.05, 0) is 115 Å². The molecule has 1 heterocycles. The fraction of sp³-hybridized carbons (Fsp3) is 0.179. The van der Waals surface area contributed by atoms with E-state index in [1.165, 1.54) is 48.7 Å². The van der Waals surface area contributed by atoms with Gasteiger partial charge in [-0.2, -0.15) is 0 Å². The Morgan fingerprint density at radius 1 is 0.393 bits per heavy atom. The molecule has 0 atom stereocenters. The molecule has 0 N–H and O–H groups in total. The number of hydrogen-bond donors (Lipinski definition) is 0. The first-order valence-corrected chi connectivity index (χ1v) is 21.7. The van der Waals surface area contributed by atoms with E-state index in [0.717, 1.165) is 39.9 Å². The molecular formula is C56H54N2O2S. The predicted molar refractivity (Wildman–Crippen MR) is 261 cm³/mol. The second-order valence-corrected chi connectivity index (χ2v) is 18.4. The standard InChI is InChI=1S/C56H54N2O2S/c1-55(2,3)43-29-25-41(26-30-43)53-51(39-17-11-9-12-18-39)52(40-19-13-10-14-20-40)54(61-53)42-27-31-44(32-28-42)57(47-21-15-23-49(37-47)59-7)45-33-35-46(36-34-45)58(56(4,5)6)48-22-16-24-50(38-48)60-8/h9-38H,1-8H3. The quantitative estimate of drug-likeness (QED) is 0.130. The lowest BCUT2D eigenvalue weighted by Crippen LogP contribution is -2.37. The van der Waals surface area contributed by atoms with Crippen LogP contribution in [0.4, 0.5) is 28.4 Å². The normalized spacial score (nSPS) is 11.6. The molecule has 306 valence electrons. The molecule has 0 radical (unpaired) electrons. The molecule has 8 aromatic rings. The maximum Gasteiger partial charge on any atom is 0.120 e. The minimum atomic E-state index is -0.188. The molecule has 0 aliphatic carbocycles. The molecule has 0 bridgehead atoms. The summed E-state index contributed by atoms with van der Waals surface area (Å²) < 4.78 is 11.3. The second kappa shape index (κ2) is 17.2. The van der Waals surface area contributed by atoms with Crippen molar-refractivity contribution in [3.05, 3.63) is 188 Å². The highest BCUT2D eigenvalue weighted by molar-refractivity contribution is 7.20. The number of anilines is 5. The maximum absolute atomic E-state index is 5.73. The van der Waals surface area contributed by atoms with E-state index >= 15 is 0 Å². The molecule has 0 unspecified atom stereocenters. The second-order valence-electron chi connectivity index (χ2n) is 17.4. The number of thiophene rings is 1. The van der Waals surface area contributed by atoms with Crippen LogP contribution in [0.2, 0.25) is 0 Å². The van der Waals surface area contributed by atoms with Crippen molar-refractivity contribution in [2.24, 2.45) is 0 Å².